The summed E-state index contributed by atoms with van der Waals surface area (Å²) in [7, 11) is -4.86. The van der Waals surface area contributed by atoms with Crippen LogP contribution in [-0.4, -0.2) is 37.9 Å². The van der Waals surface area contributed by atoms with Crippen molar-refractivity contribution in [2.24, 2.45) is 11.8 Å². The second-order valence-electron chi connectivity index (χ2n) is 17.2. The minimum atomic E-state index is -4.14. The Hall–Kier alpha value is 0.540. The average molecular weight is 805 g/mol. The first-order valence-corrected chi connectivity index (χ1v) is 28.7. The molecule has 0 saturated heterocycles. The molecule has 328 valence electrons. The lowest BCUT2D eigenvalue weighted by Crippen LogP contribution is -2.17. The second-order valence-corrected chi connectivity index (χ2v) is 23.1. The maximum atomic E-state index is 11.8. The summed E-state index contributed by atoms with van der Waals surface area (Å²) < 4.78 is 21.9. The van der Waals surface area contributed by atoms with Crippen molar-refractivity contribution in [2.45, 2.75) is 261 Å². The monoisotopic (exact) mass is 805 g/mol. The van der Waals surface area contributed by atoms with Gasteiger partial charge in [0.15, 0.2) is 0 Å². The number of hydrogen-bond donors (Lipinski definition) is 0. The van der Waals surface area contributed by atoms with E-state index in [0.29, 0.717) is 11.8 Å². The molecule has 0 radical (unpaired) electrons. The molecule has 0 spiro atoms. The molecule has 54 heavy (non-hydrogen) atoms. The second kappa shape index (κ2) is 43.1. The Kier molecular flexibility index (Phi) is 45.2. The Labute approximate surface area is 343 Å². The minimum Gasteiger partial charge on any atom is -0.756 e. The van der Waals surface area contributed by atoms with Crippen molar-refractivity contribution in [3.8, 4) is 0 Å². The van der Waals surface area contributed by atoms with E-state index in [1.165, 1.54) is 128 Å². The van der Waals surface area contributed by atoms with Crippen LogP contribution in [0.25, 0.3) is 0 Å². The largest absolute Gasteiger partial charge is 0.756 e. The Balaban J connectivity index is 0. The third-order valence-electron chi connectivity index (χ3n) is 12.0. The quantitative estimate of drug-likeness (QED) is 0.0455. The van der Waals surface area contributed by atoms with Gasteiger partial charge in [-0.2, -0.15) is 0 Å². The zero-order chi connectivity index (χ0) is 40.4. The third kappa shape index (κ3) is 38.1. The Morgan fingerprint density at radius 1 is 0.389 bits per heavy atom. The fourth-order valence-corrected chi connectivity index (χ4v) is 13.6. The highest BCUT2D eigenvalue weighted by Crippen LogP contribution is 2.61. The van der Waals surface area contributed by atoms with E-state index in [-0.39, 0.29) is 13.2 Å². The first-order chi connectivity index (χ1) is 26.2. The van der Waals surface area contributed by atoms with Gasteiger partial charge in [-0.3, -0.25) is 4.57 Å². The van der Waals surface area contributed by atoms with E-state index >= 15 is 0 Å². The van der Waals surface area contributed by atoms with Crippen LogP contribution >= 0.6 is 15.1 Å². The lowest BCUT2D eigenvalue weighted by molar-refractivity contribution is -0.227. The van der Waals surface area contributed by atoms with E-state index in [1.54, 1.807) is 50.3 Å². The molecule has 0 aromatic carbocycles. The van der Waals surface area contributed by atoms with Gasteiger partial charge in [-0.05, 0) is 76.0 Å². The molecule has 0 heterocycles. The first kappa shape index (κ1) is 56.6. The van der Waals surface area contributed by atoms with E-state index in [4.69, 9.17) is 9.05 Å². The van der Waals surface area contributed by atoms with Crippen LogP contribution in [0.15, 0.2) is 0 Å². The van der Waals surface area contributed by atoms with E-state index in [1.807, 2.05) is 0 Å². The van der Waals surface area contributed by atoms with Gasteiger partial charge in [-0.1, -0.05) is 197 Å². The van der Waals surface area contributed by atoms with Gasteiger partial charge < -0.3 is 13.9 Å². The lowest BCUT2D eigenvalue weighted by atomic mass is 10.0. The summed E-state index contributed by atoms with van der Waals surface area (Å²) in [5.41, 5.74) is 0. The molecule has 0 aliphatic carbocycles. The predicted octanol–water partition coefficient (Wildman–Crippen LogP) is 17.4. The number of unbranched alkanes of at least 4 members (excludes halogenated alkanes) is 22. The van der Waals surface area contributed by atoms with Gasteiger partial charge in [-0.15, -0.1) is 0 Å². The van der Waals surface area contributed by atoms with Crippen molar-refractivity contribution in [1.82, 2.24) is 0 Å². The molecule has 0 aliphatic rings. The van der Waals surface area contributed by atoms with Crippen LogP contribution in [-0.2, 0) is 13.6 Å². The maximum absolute atomic E-state index is 11.8. The fraction of sp³-hybridized carbons (Fsp3) is 1.00. The summed E-state index contributed by atoms with van der Waals surface area (Å²) in [5, 5.41) is 0. The van der Waals surface area contributed by atoms with Crippen LogP contribution in [0.4, 0.5) is 0 Å². The highest BCUT2D eigenvalue weighted by Gasteiger charge is 2.35. The van der Waals surface area contributed by atoms with E-state index < -0.39 is 15.1 Å². The van der Waals surface area contributed by atoms with Gasteiger partial charge in [0, 0.05) is 7.26 Å². The zero-order valence-electron chi connectivity index (χ0n) is 38.6. The molecular weight excluding hydrogens is 702 g/mol. The molecule has 0 aromatic heterocycles. The molecule has 0 fully saturated rings. The van der Waals surface area contributed by atoms with Gasteiger partial charge in [0.2, 0.25) is 0 Å². The number of phosphoric ester groups is 1. The topological polar surface area (TPSA) is 58.6 Å². The zero-order valence-corrected chi connectivity index (χ0v) is 40.3. The SMILES string of the molecule is CCCCC(CC)COP(=O)([O-])OCC(CC)CCCC.CCCCCCCC[P+](CCCCCCCC)(CCCCCCCC)CCCCCCCC. The lowest BCUT2D eigenvalue weighted by Gasteiger charge is -2.28. The minimum absolute atomic E-state index is 0.253. The van der Waals surface area contributed by atoms with Crippen LogP contribution in [0.5, 0.6) is 0 Å². The molecule has 0 bridgehead atoms. The molecule has 0 aromatic rings. The van der Waals surface area contributed by atoms with Gasteiger partial charge in [0.25, 0.3) is 7.82 Å². The van der Waals surface area contributed by atoms with Crippen molar-refractivity contribution in [3.63, 3.8) is 0 Å². The highest BCUT2D eigenvalue weighted by atomic mass is 31.2. The molecular formula is C48H102O4P2. The van der Waals surface area contributed by atoms with Crippen molar-refractivity contribution < 1.29 is 18.5 Å². The van der Waals surface area contributed by atoms with Crippen molar-refractivity contribution >= 4 is 15.1 Å². The normalized spacial score (nSPS) is 14.1. The van der Waals surface area contributed by atoms with Gasteiger partial charge in [0.1, 0.15) is 0 Å². The molecule has 0 saturated carbocycles. The molecule has 2 atom stereocenters. The molecule has 2 unspecified atom stereocenters. The number of phosphoric acid groups is 1. The smallest absolute Gasteiger partial charge is 0.267 e. The van der Waals surface area contributed by atoms with E-state index in [0.717, 1.165) is 51.4 Å². The van der Waals surface area contributed by atoms with Crippen molar-refractivity contribution in [1.29, 1.82) is 0 Å². The van der Waals surface area contributed by atoms with Gasteiger partial charge in [0.05, 0.1) is 37.9 Å². The molecule has 0 aliphatic heterocycles. The summed E-state index contributed by atoms with van der Waals surface area (Å²) in [6.07, 6.45) is 50.5. The maximum Gasteiger partial charge on any atom is 0.267 e. The van der Waals surface area contributed by atoms with E-state index in [9.17, 15) is 9.46 Å². The molecule has 0 N–H and O–H groups in total. The Morgan fingerprint density at radius 2 is 0.630 bits per heavy atom. The van der Waals surface area contributed by atoms with Gasteiger partial charge in [-0.25, -0.2) is 0 Å². The predicted molar refractivity (Wildman–Crippen MR) is 246 cm³/mol. The summed E-state index contributed by atoms with van der Waals surface area (Å²) in [6.45, 7) is 18.3. The van der Waals surface area contributed by atoms with Crippen LogP contribution < -0.4 is 4.89 Å². The van der Waals surface area contributed by atoms with Crippen LogP contribution in [0.2, 0.25) is 0 Å². The van der Waals surface area contributed by atoms with Crippen LogP contribution in [0, 0.1) is 11.8 Å². The third-order valence-corrected chi connectivity index (χ3v) is 18.0. The average Bonchev–Trinajstić information content (AvgIpc) is 3.17. The van der Waals surface area contributed by atoms with E-state index in [2.05, 4.69) is 55.4 Å². The summed E-state index contributed by atoms with van der Waals surface area (Å²) >= 11 is 0. The molecule has 6 heteroatoms. The molecule has 0 amide bonds. The van der Waals surface area contributed by atoms with Gasteiger partial charge >= 0.3 is 0 Å². The first-order valence-electron chi connectivity index (χ1n) is 24.7. The highest BCUT2D eigenvalue weighted by molar-refractivity contribution is 7.75. The van der Waals surface area contributed by atoms with Crippen LogP contribution in [0.1, 0.15) is 261 Å². The standard InChI is InChI=1S/C32H68P.C16H35O4P/c1-5-9-13-17-21-25-29-33(30-26-22-18-14-10-6-2,31-27-23-19-15-11-7-3)32-28-24-20-16-12-8-4;1-5-9-11-15(7-3)13-19-21(17,18)20-14-16(8-4)12-10-6-2/h5-32H2,1-4H3;15-16H,5-14H2,1-4H3,(H,17,18)/q+1;/p-1. The Bertz CT molecular complexity index is 669. The summed E-state index contributed by atoms with van der Waals surface area (Å²) in [4.78, 5) is 11.8. The van der Waals surface area contributed by atoms with Crippen LogP contribution in [0.3, 0.4) is 0 Å². The molecule has 4 nitrogen and oxygen atoms in total. The fourth-order valence-electron chi connectivity index (χ4n) is 7.81. The molecule has 0 rings (SSSR count). The summed E-state index contributed by atoms with van der Waals surface area (Å²) in [6, 6.07) is 0. The Morgan fingerprint density at radius 3 is 0.870 bits per heavy atom. The van der Waals surface area contributed by atoms with Crippen molar-refractivity contribution in [2.75, 3.05) is 37.9 Å². The van der Waals surface area contributed by atoms with Crippen molar-refractivity contribution in [3.05, 3.63) is 0 Å². The number of hydrogen-bond acceptors (Lipinski definition) is 4. The number of rotatable bonds is 42. The summed E-state index contributed by atoms with van der Waals surface area (Å²) in [5.74, 6) is 0.607.